The number of aromatic nitrogens is 15. The van der Waals surface area contributed by atoms with Crippen LogP contribution in [0, 0.1) is 83.1 Å². The monoisotopic (exact) mass is 1740 g/mol. The second kappa shape index (κ2) is 40.9. The Morgan fingerprint density at radius 3 is 1.11 bits per heavy atom. The number of nitrogens with one attached hydrogen (secondary N) is 5. The molecule has 40 heteroatoms. The molecule has 0 aliphatic rings. The third kappa shape index (κ3) is 26.8. The fourth-order valence-electron chi connectivity index (χ4n) is 10.9. The molecule has 0 saturated heterocycles. The molecule has 8 N–H and O–H groups in total. The van der Waals surface area contributed by atoms with Crippen LogP contribution in [0.4, 0.5) is 98.7 Å². The van der Waals surface area contributed by atoms with Gasteiger partial charge in [0, 0.05) is 55.9 Å². The Kier molecular flexibility index (Phi) is 32.3. The molecule has 0 fully saturated rings. The Bertz CT molecular complexity index is 5760. The van der Waals surface area contributed by atoms with Crippen molar-refractivity contribution in [3.8, 4) is 0 Å². The minimum absolute atomic E-state index is 0.0835. The van der Waals surface area contributed by atoms with E-state index < -0.39 is 53.0 Å². The van der Waals surface area contributed by atoms with E-state index in [0.717, 1.165) is 65.4 Å². The van der Waals surface area contributed by atoms with Gasteiger partial charge in [0.2, 0.25) is 0 Å². The number of carbonyl (C=O) groups excluding carboxylic acids is 3. The van der Waals surface area contributed by atoms with Gasteiger partial charge in [-0.3, -0.25) is 29.3 Å². The topological polar surface area (TPSA) is 355 Å². The van der Waals surface area contributed by atoms with Gasteiger partial charge in [-0.1, -0.05) is 28.4 Å². The number of amides is 1. The van der Waals surface area contributed by atoms with Crippen molar-refractivity contribution in [3.05, 3.63) is 257 Å². The van der Waals surface area contributed by atoms with E-state index in [-0.39, 0.29) is 34.9 Å². The molecule has 12 rings (SSSR count). The summed E-state index contributed by atoms with van der Waals surface area (Å²) in [5.41, 5.74) is 16.6. The van der Waals surface area contributed by atoms with Crippen molar-refractivity contribution in [2.24, 2.45) is 17.9 Å². The van der Waals surface area contributed by atoms with Gasteiger partial charge in [-0.05, 0) is 207 Å². The van der Waals surface area contributed by atoms with Crippen molar-refractivity contribution >= 4 is 103 Å². The number of Topliss-reactive ketones (excluding diaryl/α,β-unsaturated/α-hetero) is 2. The summed E-state index contributed by atoms with van der Waals surface area (Å²) in [6, 6.07) is 19.7. The number of fused-ring (bicyclic) bond motifs is 1. The Morgan fingerprint density at radius 1 is 0.418 bits per heavy atom. The van der Waals surface area contributed by atoms with Crippen LogP contribution < -0.4 is 32.3 Å². The quantitative estimate of drug-likeness (QED) is 0.0165. The Labute approximate surface area is 702 Å². The number of imidazole rings is 1. The molecular formula is C82H84Cl2F12N22O4. The van der Waals surface area contributed by atoms with Crippen molar-refractivity contribution < 1.29 is 72.3 Å². The molecule has 8 aromatic heterocycles. The lowest BCUT2D eigenvalue weighted by atomic mass is 10.1. The molecule has 0 saturated carbocycles. The number of rotatable bonds is 15. The minimum Gasteiger partial charge on any atom is -0.411 e. The molecule has 0 spiro atoms. The number of benzene rings is 4. The van der Waals surface area contributed by atoms with Gasteiger partial charge >= 0.3 is 24.7 Å². The van der Waals surface area contributed by atoms with Crippen LogP contribution in [0.1, 0.15) is 186 Å². The van der Waals surface area contributed by atoms with Crippen LogP contribution in [-0.2, 0) is 31.8 Å². The lowest BCUT2D eigenvalue weighted by Crippen LogP contribution is -2.29. The summed E-state index contributed by atoms with van der Waals surface area (Å²) < 4.78 is 153. The molecule has 2 unspecified atom stereocenters. The van der Waals surface area contributed by atoms with Crippen LogP contribution in [0.3, 0.4) is 0 Å². The SMILES string of the molecule is C/C(=N/O)c1nc(C)c(Nc2ccc(C(F)(F)F)cc2)nc1C.CC(=O)c1nc(C)c(Cl)nc1C.CC(=O)c1nc(C)c(Nc2ccc(C(F)(F)F)cc2)nc1C.Cc1cnc(C)c(Cl)n1.Cc1nc(C(C)N)c(C)nc1Nc1ccc(C(F)(F)F)cc1.Cc1nc(C(C)NC(=O)c2cc3c(cn2)ncn3C)c(C)nc1Nc1ccc(C(F)(F)F)cc1. The minimum atomic E-state index is -4.40. The van der Waals surface area contributed by atoms with Gasteiger partial charge in [0.1, 0.15) is 34.0 Å². The molecule has 0 radical (unpaired) electrons. The second-order valence-corrected chi connectivity index (χ2v) is 28.1. The summed E-state index contributed by atoms with van der Waals surface area (Å²) in [5.74, 6) is 1.12. The van der Waals surface area contributed by atoms with Crippen molar-refractivity contribution in [1.82, 2.24) is 79.7 Å². The molecule has 0 bridgehead atoms. The third-order valence-corrected chi connectivity index (χ3v) is 18.1. The first-order valence-electron chi connectivity index (χ1n) is 36.5. The zero-order chi connectivity index (χ0) is 91.0. The summed E-state index contributed by atoms with van der Waals surface area (Å²) in [6.07, 6.45) is -12.6. The molecular weight excluding hydrogens is 1660 g/mol. The van der Waals surface area contributed by atoms with Crippen molar-refractivity contribution in [2.75, 3.05) is 21.3 Å². The molecule has 8 heterocycles. The van der Waals surface area contributed by atoms with Gasteiger partial charge in [0.25, 0.3) is 5.91 Å². The zero-order valence-corrected chi connectivity index (χ0v) is 70.4. The molecule has 644 valence electrons. The van der Waals surface area contributed by atoms with E-state index in [2.05, 4.69) is 102 Å². The fraction of sp³-hybridized carbons (Fsp3) is 0.293. The predicted molar refractivity (Wildman–Crippen MR) is 439 cm³/mol. The third-order valence-electron chi connectivity index (χ3n) is 17.3. The predicted octanol–water partition coefficient (Wildman–Crippen LogP) is 20.3. The second-order valence-electron chi connectivity index (χ2n) is 27.4. The average Bonchev–Trinajstić information content (AvgIpc) is 1.46. The Morgan fingerprint density at radius 2 is 0.754 bits per heavy atom. The molecule has 122 heavy (non-hydrogen) atoms. The van der Waals surface area contributed by atoms with Crippen molar-refractivity contribution in [2.45, 2.75) is 154 Å². The number of carbonyl (C=O) groups is 3. The van der Waals surface area contributed by atoms with E-state index in [9.17, 15) is 67.1 Å². The highest BCUT2D eigenvalue weighted by Gasteiger charge is 2.33. The molecule has 0 aliphatic carbocycles. The maximum atomic E-state index is 12.8. The number of aryl methyl sites for hydroxylation is 13. The van der Waals surface area contributed by atoms with Gasteiger partial charge in [-0.25, -0.2) is 54.8 Å². The number of nitrogens with zero attached hydrogens (tertiary/aromatic N) is 16. The van der Waals surface area contributed by atoms with E-state index in [1.54, 1.807) is 112 Å². The maximum absolute atomic E-state index is 12.8. The normalized spacial score (nSPS) is 11.9. The smallest absolute Gasteiger partial charge is 0.411 e. The van der Waals surface area contributed by atoms with Gasteiger partial charge in [0.05, 0.1) is 126 Å². The number of nitrogens with two attached hydrogens (primary N) is 1. The van der Waals surface area contributed by atoms with E-state index in [1.165, 1.54) is 62.4 Å². The summed E-state index contributed by atoms with van der Waals surface area (Å²) in [5, 5.41) is 27.5. The summed E-state index contributed by atoms with van der Waals surface area (Å²) in [7, 11) is 1.83. The first-order chi connectivity index (χ1) is 56.8. The van der Waals surface area contributed by atoms with Crippen LogP contribution in [0.5, 0.6) is 0 Å². The lowest BCUT2D eigenvalue weighted by Gasteiger charge is -2.18. The van der Waals surface area contributed by atoms with Gasteiger partial charge in [-0.2, -0.15) is 52.7 Å². The van der Waals surface area contributed by atoms with Gasteiger partial charge < -0.3 is 42.1 Å². The number of oxime groups is 1. The van der Waals surface area contributed by atoms with Crippen LogP contribution in [0.25, 0.3) is 11.0 Å². The van der Waals surface area contributed by atoms with Gasteiger partial charge in [-0.15, -0.1) is 0 Å². The zero-order valence-electron chi connectivity index (χ0n) is 68.9. The van der Waals surface area contributed by atoms with Crippen molar-refractivity contribution in [3.63, 3.8) is 0 Å². The van der Waals surface area contributed by atoms with E-state index in [4.69, 9.17) is 34.1 Å². The number of alkyl halides is 12. The van der Waals surface area contributed by atoms with Crippen LogP contribution in [0.2, 0.25) is 10.3 Å². The molecule has 1 amide bonds. The highest BCUT2D eigenvalue weighted by molar-refractivity contribution is 6.30. The first-order valence-corrected chi connectivity index (χ1v) is 37.3. The Balaban J connectivity index is 0.000000210. The van der Waals surface area contributed by atoms with E-state index >= 15 is 0 Å². The van der Waals surface area contributed by atoms with Crippen LogP contribution in [0.15, 0.2) is 127 Å². The van der Waals surface area contributed by atoms with Crippen molar-refractivity contribution in [1.29, 1.82) is 0 Å². The maximum Gasteiger partial charge on any atom is 0.416 e. The molecule has 26 nitrogen and oxygen atoms in total. The molecule has 0 aliphatic heterocycles. The molecule has 4 aromatic carbocycles. The summed E-state index contributed by atoms with van der Waals surface area (Å²) >= 11 is 11.3. The van der Waals surface area contributed by atoms with Crippen LogP contribution >= 0.6 is 23.2 Å². The highest BCUT2D eigenvalue weighted by Crippen LogP contribution is 2.36. The number of ketones is 2. The summed E-state index contributed by atoms with van der Waals surface area (Å²) in [6.45, 7) is 29.0. The number of anilines is 8. The average molecular weight is 1740 g/mol. The Hall–Kier alpha value is -12.8. The molecule has 12 aromatic rings. The highest BCUT2D eigenvalue weighted by atomic mass is 35.5. The number of hydrogen-bond donors (Lipinski definition) is 7. The van der Waals surface area contributed by atoms with E-state index in [0.29, 0.717) is 147 Å². The molecule has 2 atom stereocenters. The summed E-state index contributed by atoms with van der Waals surface area (Å²) in [4.78, 5) is 94.4. The van der Waals surface area contributed by atoms with Gasteiger partial charge in [0.15, 0.2) is 45.1 Å². The van der Waals surface area contributed by atoms with Crippen LogP contribution in [-0.4, -0.2) is 103 Å². The fourth-order valence-corrected chi connectivity index (χ4v) is 11.3. The number of pyridine rings is 1. The number of hydrogen-bond acceptors (Lipinski definition) is 24. The first kappa shape index (κ1) is 96.3. The standard InChI is InChI=1S/C23H22F3N7O.C15H15F3N4O.C15H17F3N4.C15H14F3N3O.C8H9ClN2O.C6H7ClN2/c1-12-20(13(2)31-22(34)17-9-19-18(10-27-17)28-11-33(19)4)29-14(3)21(30-12)32-16-7-5-15(6-8-16)23(24,25)26;1-8-13(9(2)22-23)19-10(3)14(20-8)21-12-6-4-11(5-7-12)15(16,17)18;1-8(19)13-9(2)21-14(10(3)20-13)22-12-6-4-11(5-7-12)15(16,17)18;1-8-13(10(3)22)19-9(2)14(20-8)21-12-6-4-11(5-7-12)15(16,17)18;1-4-7(6(3)12)10-5(2)8(9)11-4;1-4-3-8-5(2)6(7)9-4/h5-11,13H,1-4H3,(H,30,32)(H,31,34);4-7,23H,1-3H3,(H,20,21);4-8H,19H2,1-3H3,(H,21,22);4-7H,1-3H3,(H,20,21);1-3H3;3H,1-2H3/b;22-9-;;;;. The largest absolute Gasteiger partial charge is 0.416 e. The lowest BCUT2D eigenvalue weighted by molar-refractivity contribution is -0.138. The van der Waals surface area contributed by atoms with E-state index in [1.807, 2.05) is 27.8 Å². The number of halogens is 14.